The van der Waals surface area contributed by atoms with Crippen molar-refractivity contribution < 1.29 is 4.79 Å². The molecule has 1 aromatic carbocycles. The number of hydrogen-bond donors (Lipinski definition) is 1. The second kappa shape index (κ2) is 5.67. The molecule has 2 rings (SSSR count). The van der Waals surface area contributed by atoms with Gasteiger partial charge < -0.3 is 5.32 Å². The number of amides is 1. The van der Waals surface area contributed by atoms with Crippen molar-refractivity contribution in [3.8, 4) is 22.9 Å². The van der Waals surface area contributed by atoms with Gasteiger partial charge in [0.1, 0.15) is 10.7 Å². The first-order valence-electron chi connectivity index (χ1n) is 5.14. The maximum atomic E-state index is 11.6. The molecule has 0 aliphatic rings. The van der Waals surface area contributed by atoms with Gasteiger partial charge in [-0.3, -0.25) is 4.79 Å². The van der Waals surface area contributed by atoms with Gasteiger partial charge in [-0.2, -0.15) is 0 Å². The first kappa shape index (κ1) is 12.6. The zero-order valence-corrected chi connectivity index (χ0v) is 10.9. The minimum Gasteiger partial charge on any atom is -0.340 e. The first-order valence-corrected chi connectivity index (χ1v) is 6.39. The Bertz CT molecular complexity index is 615. The van der Waals surface area contributed by atoms with Crippen LogP contribution in [0.5, 0.6) is 0 Å². The molecule has 2 aromatic rings. The number of hydrogen-bond acceptors (Lipinski definition) is 3. The lowest BCUT2D eigenvalue weighted by atomic mass is 10.2. The highest BCUT2D eigenvalue weighted by Gasteiger charge is 2.11. The van der Waals surface area contributed by atoms with Gasteiger partial charge in [-0.15, -0.1) is 17.8 Å². The monoisotopic (exact) mass is 276 g/mol. The third kappa shape index (κ3) is 2.89. The lowest BCUT2D eigenvalue weighted by Crippen LogP contribution is -2.23. The lowest BCUT2D eigenvalue weighted by molar-refractivity contribution is 0.0954. The van der Waals surface area contributed by atoms with E-state index in [0.29, 0.717) is 10.7 Å². The SMILES string of the molecule is C#CCNC(=O)c1csc(-c2cccc(Cl)c2)n1. The molecule has 0 radical (unpaired) electrons. The molecule has 1 amide bonds. The molecule has 0 saturated carbocycles. The van der Waals surface area contributed by atoms with Crippen molar-refractivity contribution in [2.45, 2.75) is 0 Å². The van der Waals surface area contributed by atoms with E-state index in [2.05, 4.69) is 16.2 Å². The maximum Gasteiger partial charge on any atom is 0.271 e. The third-order valence-electron chi connectivity index (χ3n) is 2.16. The van der Waals surface area contributed by atoms with Gasteiger partial charge in [0.05, 0.1) is 6.54 Å². The fourth-order valence-corrected chi connectivity index (χ4v) is 2.34. The summed E-state index contributed by atoms with van der Waals surface area (Å²) in [5, 5.41) is 5.66. The second-order valence-corrected chi connectivity index (χ2v) is 4.73. The fourth-order valence-electron chi connectivity index (χ4n) is 1.35. The molecule has 1 heterocycles. The van der Waals surface area contributed by atoms with E-state index in [9.17, 15) is 4.79 Å². The number of nitrogens with zero attached hydrogens (tertiary/aromatic N) is 1. The quantitative estimate of drug-likeness (QED) is 0.876. The summed E-state index contributed by atoms with van der Waals surface area (Å²) >= 11 is 7.30. The van der Waals surface area contributed by atoms with E-state index in [1.165, 1.54) is 11.3 Å². The van der Waals surface area contributed by atoms with Crippen molar-refractivity contribution in [2.24, 2.45) is 0 Å². The first-order chi connectivity index (χ1) is 8.70. The van der Waals surface area contributed by atoms with Crippen LogP contribution in [0.15, 0.2) is 29.6 Å². The molecule has 0 bridgehead atoms. The topological polar surface area (TPSA) is 42.0 Å². The molecule has 0 spiro atoms. The van der Waals surface area contributed by atoms with E-state index in [-0.39, 0.29) is 12.5 Å². The third-order valence-corrected chi connectivity index (χ3v) is 3.29. The number of rotatable bonds is 3. The van der Waals surface area contributed by atoms with E-state index in [1.807, 2.05) is 18.2 Å². The molecule has 0 aliphatic carbocycles. The lowest BCUT2D eigenvalue weighted by Gasteiger charge is -1.97. The van der Waals surface area contributed by atoms with Crippen LogP contribution in [0.3, 0.4) is 0 Å². The molecule has 0 atom stereocenters. The van der Waals surface area contributed by atoms with E-state index in [0.717, 1.165) is 10.6 Å². The van der Waals surface area contributed by atoms with Crippen molar-refractivity contribution in [3.05, 3.63) is 40.4 Å². The summed E-state index contributed by atoms with van der Waals surface area (Å²) < 4.78 is 0. The summed E-state index contributed by atoms with van der Waals surface area (Å²) in [6.45, 7) is 0.197. The summed E-state index contributed by atoms with van der Waals surface area (Å²) in [6, 6.07) is 7.34. The van der Waals surface area contributed by atoms with Gasteiger partial charge in [-0.25, -0.2) is 4.98 Å². The highest BCUT2D eigenvalue weighted by Crippen LogP contribution is 2.25. The molecule has 1 aromatic heterocycles. The molecule has 0 fully saturated rings. The number of carbonyl (C=O) groups excluding carboxylic acids is 1. The van der Waals surface area contributed by atoms with Crippen LogP contribution in [-0.4, -0.2) is 17.4 Å². The van der Waals surface area contributed by atoms with E-state index >= 15 is 0 Å². The minimum absolute atomic E-state index is 0.197. The molecule has 1 N–H and O–H groups in total. The van der Waals surface area contributed by atoms with Crippen molar-refractivity contribution >= 4 is 28.8 Å². The zero-order valence-electron chi connectivity index (χ0n) is 9.31. The van der Waals surface area contributed by atoms with Gasteiger partial charge in [-0.05, 0) is 12.1 Å². The van der Waals surface area contributed by atoms with E-state index in [4.69, 9.17) is 18.0 Å². The normalized spacial score (nSPS) is 9.78. The Hall–Kier alpha value is -1.83. The van der Waals surface area contributed by atoms with Gasteiger partial charge in [0.15, 0.2) is 0 Å². The summed E-state index contributed by atoms with van der Waals surface area (Å²) in [7, 11) is 0. The van der Waals surface area contributed by atoms with Crippen molar-refractivity contribution in [2.75, 3.05) is 6.54 Å². The number of halogens is 1. The Labute approximate surface area is 114 Å². The molecule has 3 nitrogen and oxygen atoms in total. The van der Waals surface area contributed by atoms with Gasteiger partial charge in [0.2, 0.25) is 0 Å². The number of terminal acetylenes is 1. The van der Waals surface area contributed by atoms with Crippen LogP contribution < -0.4 is 5.32 Å². The fraction of sp³-hybridized carbons (Fsp3) is 0.0769. The highest BCUT2D eigenvalue weighted by atomic mass is 35.5. The number of aromatic nitrogens is 1. The van der Waals surface area contributed by atoms with Crippen molar-refractivity contribution in [1.82, 2.24) is 10.3 Å². The van der Waals surface area contributed by atoms with Gasteiger partial charge >= 0.3 is 0 Å². The second-order valence-electron chi connectivity index (χ2n) is 3.44. The molecular weight excluding hydrogens is 268 g/mol. The van der Waals surface area contributed by atoms with Crippen molar-refractivity contribution in [1.29, 1.82) is 0 Å². The molecule has 5 heteroatoms. The predicted octanol–water partition coefficient (Wildman–Crippen LogP) is 2.83. The number of carbonyl (C=O) groups is 1. The van der Waals surface area contributed by atoms with Gasteiger partial charge in [-0.1, -0.05) is 29.7 Å². The zero-order chi connectivity index (χ0) is 13.0. The largest absolute Gasteiger partial charge is 0.340 e. The standard InChI is InChI=1S/C13H9ClN2OS/c1-2-6-15-12(17)11-8-18-13(16-11)9-4-3-5-10(14)7-9/h1,3-5,7-8H,6H2,(H,15,17). The summed E-state index contributed by atoms with van der Waals surface area (Å²) in [5.74, 6) is 2.07. The molecule has 0 aliphatic heterocycles. The molecule has 0 unspecified atom stereocenters. The molecular formula is C13H9ClN2OS. The Morgan fingerprint density at radius 1 is 1.56 bits per heavy atom. The van der Waals surface area contributed by atoms with Crippen LogP contribution in [0, 0.1) is 12.3 Å². The van der Waals surface area contributed by atoms with Crippen LogP contribution in [0.1, 0.15) is 10.5 Å². The van der Waals surface area contributed by atoms with E-state index in [1.54, 1.807) is 11.4 Å². The number of thiazole rings is 1. The van der Waals surface area contributed by atoms with Crippen LogP contribution in [0.4, 0.5) is 0 Å². The van der Waals surface area contributed by atoms with Gasteiger partial charge in [0, 0.05) is 16.0 Å². The summed E-state index contributed by atoms with van der Waals surface area (Å²) in [6.07, 6.45) is 5.07. The molecule has 0 saturated heterocycles. The van der Waals surface area contributed by atoms with Gasteiger partial charge in [0.25, 0.3) is 5.91 Å². The average Bonchev–Trinajstić information content (AvgIpc) is 2.85. The summed E-state index contributed by atoms with van der Waals surface area (Å²) in [4.78, 5) is 15.9. The highest BCUT2D eigenvalue weighted by molar-refractivity contribution is 7.13. The Morgan fingerprint density at radius 3 is 3.11 bits per heavy atom. The predicted molar refractivity (Wildman–Crippen MR) is 73.7 cm³/mol. The van der Waals surface area contributed by atoms with Crippen LogP contribution in [-0.2, 0) is 0 Å². The number of nitrogens with one attached hydrogen (secondary N) is 1. The Balaban J connectivity index is 2.21. The molecule has 18 heavy (non-hydrogen) atoms. The van der Waals surface area contributed by atoms with Crippen LogP contribution in [0.2, 0.25) is 5.02 Å². The van der Waals surface area contributed by atoms with Crippen LogP contribution in [0.25, 0.3) is 10.6 Å². The maximum absolute atomic E-state index is 11.6. The Kier molecular flexibility index (Phi) is 3.98. The minimum atomic E-state index is -0.266. The van der Waals surface area contributed by atoms with Crippen LogP contribution >= 0.6 is 22.9 Å². The van der Waals surface area contributed by atoms with Crippen molar-refractivity contribution in [3.63, 3.8) is 0 Å². The smallest absolute Gasteiger partial charge is 0.271 e. The number of benzene rings is 1. The van der Waals surface area contributed by atoms with E-state index < -0.39 is 0 Å². The Morgan fingerprint density at radius 2 is 2.39 bits per heavy atom. The molecule has 90 valence electrons. The summed E-state index contributed by atoms with van der Waals surface area (Å²) in [5.41, 5.74) is 1.26. The average molecular weight is 277 g/mol.